The number of aromatic amines is 1. The van der Waals surface area contributed by atoms with Gasteiger partial charge in [0.25, 0.3) is 0 Å². The Morgan fingerprint density at radius 2 is 2.19 bits per heavy atom. The number of aromatic nitrogens is 3. The van der Waals surface area contributed by atoms with Gasteiger partial charge in [-0.25, -0.2) is 9.37 Å². The first-order valence-corrected chi connectivity index (χ1v) is 5.22. The van der Waals surface area contributed by atoms with Crippen LogP contribution in [0.2, 0.25) is 0 Å². The van der Waals surface area contributed by atoms with E-state index in [1.54, 1.807) is 12.1 Å². The Hall–Kier alpha value is -1.91. The molecule has 0 radical (unpaired) electrons. The van der Waals surface area contributed by atoms with Crippen LogP contribution in [-0.4, -0.2) is 15.2 Å². The molecule has 4 nitrogen and oxygen atoms in total. The number of nitrogens with zero attached hydrogens (tertiary/aromatic N) is 2. The second-order valence-electron chi connectivity index (χ2n) is 4.02. The van der Waals surface area contributed by atoms with Gasteiger partial charge in [0.05, 0.1) is 5.69 Å². The first kappa shape index (κ1) is 9.33. The van der Waals surface area contributed by atoms with E-state index in [1.165, 1.54) is 6.07 Å². The molecule has 0 unspecified atom stereocenters. The number of hydrogen-bond acceptors (Lipinski definition) is 3. The third kappa shape index (κ3) is 1.44. The molecule has 3 rings (SSSR count). The molecule has 1 aromatic heterocycles. The van der Waals surface area contributed by atoms with Gasteiger partial charge in [0, 0.05) is 11.5 Å². The van der Waals surface area contributed by atoms with Crippen LogP contribution in [0.3, 0.4) is 0 Å². The van der Waals surface area contributed by atoms with Crippen LogP contribution in [0.5, 0.6) is 0 Å². The van der Waals surface area contributed by atoms with E-state index in [-0.39, 0.29) is 5.69 Å². The first-order valence-electron chi connectivity index (χ1n) is 5.22. The van der Waals surface area contributed by atoms with Gasteiger partial charge in [-0.2, -0.15) is 5.10 Å². The average Bonchev–Trinajstić information content (AvgIpc) is 3.02. The predicted octanol–water partition coefficient (Wildman–Crippen LogP) is 2.07. The van der Waals surface area contributed by atoms with Crippen LogP contribution < -0.4 is 5.73 Å². The monoisotopic (exact) mass is 218 g/mol. The zero-order chi connectivity index (χ0) is 11.1. The molecule has 3 N–H and O–H groups in total. The van der Waals surface area contributed by atoms with Gasteiger partial charge in [-0.15, -0.1) is 0 Å². The van der Waals surface area contributed by atoms with Crippen LogP contribution in [0.15, 0.2) is 18.2 Å². The van der Waals surface area contributed by atoms with E-state index in [0.717, 1.165) is 18.7 Å². The van der Waals surface area contributed by atoms with Crippen molar-refractivity contribution in [2.75, 3.05) is 5.73 Å². The fraction of sp³-hybridized carbons (Fsp3) is 0.273. The molecule has 2 aromatic rings. The van der Waals surface area contributed by atoms with Crippen molar-refractivity contribution in [2.24, 2.45) is 0 Å². The van der Waals surface area contributed by atoms with Crippen LogP contribution in [-0.2, 0) is 0 Å². The minimum absolute atomic E-state index is 0.101. The molecule has 1 saturated carbocycles. The van der Waals surface area contributed by atoms with Crippen molar-refractivity contribution >= 4 is 5.69 Å². The zero-order valence-corrected chi connectivity index (χ0v) is 8.57. The second-order valence-corrected chi connectivity index (χ2v) is 4.02. The van der Waals surface area contributed by atoms with Gasteiger partial charge in [-0.1, -0.05) is 6.07 Å². The topological polar surface area (TPSA) is 67.6 Å². The van der Waals surface area contributed by atoms with E-state index in [2.05, 4.69) is 15.2 Å². The lowest BCUT2D eigenvalue weighted by Gasteiger charge is -2.01. The quantitative estimate of drug-likeness (QED) is 0.758. The van der Waals surface area contributed by atoms with Crippen molar-refractivity contribution < 1.29 is 4.39 Å². The van der Waals surface area contributed by atoms with Gasteiger partial charge >= 0.3 is 0 Å². The molecule has 0 saturated heterocycles. The molecular formula is C11H11FN4. The molecule has 0 bridgehead atoms. The molecule has 0 atom stereocenters. The number of rotatable bonds is 2. The summed E-state index contributed by atoms with van der Waals surface area (Å²) in [7, 11) is 0. The van der Waals surface area contributed by atoms with Crippen LogP contribution in [0.4, 0.5) is 10.1 Å². The Kier molecular flexibility index (Phi) is 1.92. The zero-order valence-electron chi connectivity index (χ0n) is 8.57. The van der Waals surface area contributed by atoms with E-state index >= 15 is 0 Å². The maximum atomic E-state index is 13.3. The molecule has 1 aromatic carbocycles. The van der Waals surface area contributed by atoms with Crippen molar-refractivity contribution in [3.63, 3.8) is 0 Å². The summed E-state index contributed by atoms with van der Waals surface area (Å²) in [4.78, 5) is 4.33. The summed E-state index contributed by atoms with van der Waals surface area (Å²) < 4.78 is 13.3. The average molecular weight is 218 g/mol. The van der Waals surface area contributed by atoms with Crippen molar-refractivity contribution in [1.29, 1.82) is 0 Å². The number of nitrogens with two attached hydrogens (primary N) is 1. The predicted molar refractivity (Wildman–Crippen MR) is 58.2 cm³/mol. The van der Waals surface area contributed by atoms with Crippen molar-refractivity contribution in [2.45, 2.75) is 18.8 Å². The Bertz CT molecular complexity index is 531. The Morgan fingerprint density at radius 1 is 1.38 bits per heavy atom. The minimum Gasteiger partial charge on any atom is -0.396 e. The molecule has 16 heavy (non-hydrogen) atoms. The number of nitrogens with one attached hydrogen (secondary N) is 1. The lowest BCUT2D eigenvalue weighted by Crippen LogP contribution is -1.95. The maximum absolute atomic E-state index is 13.3. The highest BCUT2D eigenvalue weighted by Crippen LogP contribution is 2.38. The van der Waals surface area contributed by atoms with E-state index in [9.17, 15) is 4.39 Å². The number of halogens is 1. The smallest absolute Gasteiger partial charge is 0.183 e. The van der Waals surface area contributed by atoms with Gasteiger partial charge in [0.15, 0.2) is 5.82 Å². The summed E-state index contributed by atoms with van der Waals surface area (Å²) in [5, 5.41) is 6.94. The Labute approximate surface area is 91.7 Å². The fourth-order valence-corrected chi connectivity index (χ4v) is 1.67. The van der Waals surface area contributed by atoms with Crippen molar-refractivity contribution in [3.8, 4) is 11.4 Å². The molecular weight excluding hydrogens is 207 g/mol. The third-order valence-corrected chi connectivity index (χ3v) is 2.76. The largest absolute Gasteiger partial charge is 0.396 e. The van der Waals surface area contributed by atoms with Crippen LogP contribution >= 0.6 is 0 Å². The number of H-pyrrole nitrogens is 1. The highest BCUT2D eigenvalue weighted by Gasteiger charge is 2.27. The molecule has 0 amide bonds. The summed E-state index contributed by atoms with van der Waals surface area (Å²) in [5.41, 5.74) is 6.29. The summed E-state index contributed by atoms with van der Waals surface area (Å²) >= 11 is 0. The minimum atomic E-state index is -0.435. The molecule has 82 valence electrons. The normalized spacial score (nSPS) is 15.3. The third-order valence-electron chi connectivity index (χ3n) is 2.76. The number of anilines is 1. The summed E-state index contributed by atoms with van der Waals surface area (Å²) in [6.45, 7) is 0. The SMILES string of the molecule is Nc1c(F)cccc1-c1n[nH]c(C2CC2)n1. The summed E-state index contributed by atoms with van der Waals surface area (Å²) in [5.74, 6) is 1.41. The Morgan fingerprint density at radius 3 is 2.94 bits per heavy atom. The summed E-state index contributed by atoms with van der Waals surface area (Å²) in [6.07, 6.45) is 2.29. The van der Waals surface area contributed by atoms with Gasteiger partial charge < -0.3 is 5.73 Å². The molecule has 0 spiro atoms. The highest BCUT2D eigenvalue weighted by atomic mass is 19.1. The lowest BCUT2D eigenvalue weighted by atomic mass is 10.1. The number of para-hydroxylation sites is 1. The molecule has 1 aliphatic rings. The van der Waals surface area contributed by atoms with Gasteiger partial charge in [0.1, 0.15) is 11.6 Å². The van der Waals surface area contributed by atoms with Crippen LogP contribution in [0, 0.1) is 5.82 Å². The first-order chi connectivity index (χ1) is 7.75. The van der Waals surface area contributed by atoms with Crippen molar-refractivity contribution in [3.05, 3.63) is 29.8 Å². The molecule has 5 heteroatoms. The number of hydrogen-bond donors (Lipinski definition) is 2. The van der Waals surface area contributed by atoms with E-state index < -0.39 is 5.82 Å². The molecule has 1 heterocycles. The number of benzene rings is 1. The van der Waals surface area contributed by atoms with E-state index in [0.29, 0.717) is 17.3 Å². The lowest BCUT2D eigenvalue weighted by molar-refractivity contribution is 0.633. The molecule has 1 fully saturated rings. The molecule has 0 aliphatic heterocycles. The van der Waals surface area contributed by atoms with Crippen molar-refractivity contribution in [1.82, 2.24) is 15.2 Å². The van der Waals surface area contributed by atoms with E-state index in [4.69, 9.17) is 5.73 Å². The van der Waals surface area contributed by atoms with E-state index in [1.807, 2.05) is 0 Å². The van der Waals surface area contributed by atoms with Crippen LogP contribution in [0.25, 0.3) is 11.4 Å². The molecule has 1 aliphatic carbocycles. The Balaban J connectivity index is 2.03. The summed E-state index contributed by atoms with van der Waals surface area (Å²) in [6, 6.07) is 4.65. The van der Waals surface area contributed by atoms with Gasteiger partial charge in [-0.3, -0.25) is 5.10 Å². The standard InChI is InChI=1S/C11H11FN4/c12-8-3-1-2-7(9(8)13)11-14-10(15-16-11)6-4-5-6/h1-3,6H,4-5,13H2,(H,14,15,16). The van der Waals surface area contributed by atoms with Gasteiger partial charge in [-0.05, 0) is 25.0 Å². The highest BCUT2D eigenvalue weighted by molar-refractivity contribution is 5.71. The maximum Gasteiger partial charge on any atom is 0.183 e. The fourth-order valence-electron chi connectivity index (χ4n) is 1.67. The van der Waals surface area contributed by atoms with Gasteiger partial charge in [0.2, 0.25) is 0 Å². The van der Waals surface area contributed by atoms with Crippen LogP contribution in [0.1, 0.15) is 24.6 Å². The second kappa shape index (κ2) is 3.30. The number of nitrogen functional groups attached to an aromatic ring is 1.